The first kappa shape index (κ1) is 33.5. The van der Waals surface area contributed by atoms with Gasteiger partial charge in [0.1, 0.15) is 0 Å². The molecule has 0 radical (unpaired) electrons. The van der Waals surface area contributed by atoms with E-state index in [9.17, 15) is 0 Å². The number of hydrogen-bond donors (Lipinski definition) is 2. The van der Waals surface area contributed by atoms with Crippen LogP contribution in [0.2, 0.25) is 0 Å². The molecule has 0 heterocycles. The summed E-state index contributed by atoms with van der Waals surface area (Å²) in [6.45, 7) is 11.9. The van der Waals surface area contributed by atoms with Crippen molar-refractivity contribution in [2.75, 3.05) is 0 Å². The van der Waals surface area contributed by atoms with E-state index in [0.717, 1.165) is 12.8 Å². The Labute approximate surface area is 169 Å². The van der Waals surface area contributed by atoms with Crippen LogP contribution in [0.4, 0.5) is 0 Å². The van der Waals surface area contributed by atoms with Crippen molar-refractivity contribution in [3.05, 3.63) is 13.8 Å². The molecule has 0 saturated heterocycles. The summed E-state index contributed by atoms with van der Waals surface area (Å²) in [6.07, 6.45) is 10.1. The van der Waals surface area contributed by atoms with Gasteiger partial charge in [0.2, 0.25) is 0 Å². The number of thiocarbonyl (C=S) groups is 2. The Morgan fingerprint density at radius 1 is 0.810 bits per heavy atom. The monoisotopic (exact) mass is 452 g/mol. The Morgan fingerprint density at radius 3 is 1.05 bits per heavy atom. The summed E-state index contributed by atoms with van der Waals surface area (Å²) in [5.74, 6) is 0. The number of rotatable bonds is 6. The molecule has 4 N–H and O–H groups in total. The fourth-order valence-electron chi connectivity index (χ4n) is 0.854. The Balaban J connectivity index is -0.0000000544. The molecule has 7 heteroatoms. The molecule has 0 aromatic heterocycles. The second-order valence-electron chi connectivity index (χ2n) is 3.76. The molecular weight excluding hydrogens is 420 g/mol. The fraction of sp³-hybridized carbons (Fsp3) is 0.714. The van der Waals surface area contributed by atoms with Crippen molar-refractivity contribution in [2.45, 2.75) is 65.2 Å². The number of nitrogens with two attached hydrogens (primary N) is 2. The van der Waals surface area contributed by atoms with Gasteiger partial charge < -0.3 is 75.0 Å². The standard InChI is InChI=1S/2C6H13.2CH3NS2.Mo/c2*1-3-5-6-4-2;2*2-1(3)4;/h2*1,3-6H2,2H3;2*(H3,2,3,4);/q2*-1;;;+4/p-2. The molecule has 0 aliphatic rings. The third kappa shape index (κ3) is 157. The molecular formula is C14H30MoN2S4. The summed E-state index contributed by atoms with van der Waals surface area (Å²) in [5, 5.41) is 0. The largest absolute Gasteiger partial charge is 4.00 e. The maximum absolute atomic E-state index is 4.66. The van der Waals surface area contributed by atoms with E-state index < -0.39 is 0 Å². The summed E-state index contributed by atoms with van der Waals surface area (Å²) < 4.78 is 0.167. The first-order valence-electron chi connectivity index (χ1n) is 6.81. The average Bonchev–Trinajstić information content (AvgIpc) is 2.33. The van der Waals surface area contributed by atoms with Crippen LogP contribution >= 0.6 is 24.4 Å². The predicted octanol–water partition coefficient (Wildman–Crippen LogP) is 4.35. The van der Waals surface area contributed by atoms with E-state index in [1.807, 2.05) is 0 Å². The van der Waals surface area contributed by atoms with E-state index >= 15 is 0 Å². The number of unbranched alkanes of at least 4 members (excludes halogenated alkanes) is 6. The third-order valence-corrected chi connectivity index (χ3v) is 1.71. The van der Waals surface area contributed by atoms with Crippen LogP contribution in [0.1, 0.15) is 65.2 Å². The van der Waals surface area contributed by atoms with E-state index in [1.54, 1.807) is 0 Å². The van der Waals surface area contributed by atoms with Gasteiger partial charge in [-0.2, -0.15) is 12.8 Å². The molecule has 0 aliphatic carbocycles. The smallest absolute Gasteiger partial charge is 0.415 e. The summed E-state index contributed by atoms with van der Waals surface area (Å²) >= 11 is 16.5. The van der Waals surface area contributed by atoms with Crippen LogP contribution in [0.15, 0.2) is 0 Å². The Morgan fingerprint density at radius 2 is 1.00 bits per heavy atom. The Kier molecular flexibility index (Phi) is 59.5. The zero-order valence-corrected chi connectivity index (χ0v) is 18.5. The van der Waals surface area contributed by atoms with Crippen molar-refractivity contribution in [3.8, 4) is 0 Å². The SMILES string of the molecule is NC(=S)[S-].NC(=S)[S-].[CH2-]CCCCC.[CH2-]CCCCC.[Mo+4]. The normalized spacial score (nSPS) is 7.43. The molecule has 0 aromatic rings. The van der Waals surface area contributed by atoms with Gasteiger partial charge in [0.15, 0.2) is 0 Å². The first-order chi connectivity index (χ1) is 9.29. The molecule has 0 amide bonds. The van der Waals surface area contributed by atoms with Gasteiger partial charge >= 0.3 is 21.1 Å². The van der Waals surface area contributed by atoms with E-state index in [0.29, 0.717) is 0 Å². The minimum absolute atomic E-state index is 0. The van der Waals surface area contributed by atoms with Crippen LogP contribution in [0.5, 0.6) is 0 Å². The molecule has 0 bridgehead atoms. The van der Waals surface area contributed by atoms with E-state index in [4.69, 9.17) is 0 Å². The minimum atomic E-state index is 0. The molecule has 0 fully saturated rings. The fourth-order valence-corrected chi connectivity index (χ4v) is 0.854. The van der Waals surface area contributed by atoms with Gasteiger partial charge in [-0.25, -0.2) is 0 Å². The van der Waals surface area contributed by atoms with Crippen molar-refractivity contribution in [2.24, 2.45) is 11.5 Å². The quantitative estimate of drug-likeness (QED) is 0.206. The maximum Gasteiger partial charge on any atom is 4.00 e. The maximum atomic E-state index is 4.66. The van der Waals surface area contributed by atoms with E-state index in [-0.39, 0.29) is 29.7 Å². The molecule has 2 nitrogen and oxygen atoms in total. The van der Waals surface area contributed by atoms with Crippen LogP contribution in [0, 0.1) is 13.8 Å². The molecule has 0 aromatic carbocycles. The second kappa shape index (κ2) is 37.3. The first-order valence-corrected chi connectivity index (χ1v) is 8.44. The van der Waals surface area contributed by atoms with Gasteiger partial charge in [0.05, 0.1) is 0 Å². The van der Waals surface area contributed by atoms with Crippen LogP contribution in [0.25, 0.3) is 0 Å². The van der Waals surface area contributed by atoms with Gasteiger partial charge in [-0.05, 0) is 0 Å². The summed E-state index contributed by atoms with van der Waals surface area (Å²) in [7, 11) is 0. The van der Waals surface area contributed by atoms with Crippen molar-refractivity contribution in [1.29, 1.82) is 0 Å². The van der Waals surface area contributed by atoms with Gasteiger partial charge in [-0.15, -0.1) is 0 Å². The van der Waals surface area contributed by atoms with Crippen molar-refractivity contribution < 1.29 is 21.1 Å². The number of hydrogen-bond acceptors (Lipinski definition) is 4. The zero-order valence-electron chi connectivity index (χ0n) is 13.3. The Hall–Kier alpha value is 0.908. The van der Waals surface area contributed by atoms with Crippen LogP contribution in [-0.2, 0) is 46.3 Å². The van der Waals surface area contributed by atoms with Gasteiger partial charge in [-0.3, -0.25) is 0 Å². The van der Waals surface area contributed by atoms with Crippen LogP contribution in [-0.4, -0.2) is 8.64 Å². The summed E-state index contributed by atoms with van der Waals surface area (Å²) in [5.41, 5.74) is 9.31. The summed E-state index contributed by atoms with van der Waals surface area (Å²) in [6, 6.07) is 0. The van der Waals surface area contributed by atoms with Gasteiger partial charge in [0, 0.05) is 0 Å². The van der Waals surface area contributed by atoms with Gasteiger partial charge in [0.25, 0.3) is 0 Å². The molecule has 0 unspecified atom stereocenters. The second-order valence-corrected chi connectivity index (χ2v) is 6.04. The van der Waals surface area contributed by atoms with Crippen molar-refractivity contribution >= 4 is 58.3 Å². The van der Waals surface area contributed by atoms with E-state index in [1.165, 1.54) is 38.5 Å². The molecule has 126 valence electrons. The molecule has 0 atom stereocenters. The van der Waals surface area contributed by atoms with Gasteiger partial charge in [-0.1, -0.05) is 61.0 Å². The molecule has 0 aliphatic heterocycles. The van der Waals surface area contributed by atoms with Crippen LogP contribution in [0.3, 0.4) is 0 Å². The predicted molar refractivity (Wildman–Crippen MR) is 107 cm³/mol. The van der Waals surface area contributed by atoms with E-state index in [2.05, 4.69) is 88.9 Å². The Bertz CT molecular complexity index is 158. The van der Waals surface area contributed by atoms with Crippen molar-refractivity contribution in [3.63, 3.8) is 0 Å². The van der Waals surface area contributed by atoms with Crippen molar-refractivity contribution in [1.82, 2.24) is 0 Å². The minimum Gasteiger partial charge on any atom is -0.415 e. The topological polar surface area (TPSA) is 52.0 Å². The zero-order chi connectivity index (χ0) is 16.8. The molecule has 0 saturated carbocycles. The average molecular weight is 451 g/mol. The molecule has 0 spiro atoms. The summed E-state index contributed by atoms with van der Waals surface area (Å²) in [4.78, 5) is 0. The molecule has 21 heavy (non-hydrogen) atoms. The van der Waals surface area contributed by atoms with Crippen LogP contribution < -0.4 is 11.5 Å². The third-order valence-electron chi connectivity index (χ3n) is 1.71. The molecule has 0 rings (SSSR count).